The molecule has 4 bridgehead atoms. The Kier molecular flexibility index (Phi) is 7.75. The molecule has 5 aliphatic carbocycles. The molecule has 10 nitrogen and oxygen atoms in total. The number of aliphatic hydroxyl groups is 2. The van der Waals surface area contributed by atoms with Crippen molar-refractivity contribution in [2.24, 2.45) is 17.3 Å². The number of benzene rings is 1. The SMILES string of the molecule is CO[C@@]12CC[C@@]3(CC1[C@](C)(O)CCc1cccs1)[C@H]1Cc4ccc(O)c5c4[C@@]3(CCN1CC1CC1)[C@H]2O5.O=C(O)CC(O)C(=O)O. The molecule has 2 spiro atoms. The van der Waals surface area contributed by atoms with Gasteiger partial charge in [0.1, 0.15) is 11.7 Å². The second-order valence-electron chi connectivity index (χ2n) is 14.8. The van der Waals surface area contributed by atoms with Crippen LogP contribution in [0.3, 0.4) is 0 Å². The highest BCUT2D eigenvalue weighted by molar-refractivity contribution is 7.09. The van der Waals surface area contributed by atoms with Gasteiger partial charge in [-0.3, -0.25) is 9.69 Å². The van der Waals surface area contributed by atoms with Gasteiger partial charge < -0.3 is 35.0 Å². The van der Waals surface area contributed by atoms with E-state index in [1.54, 1.807) is 11.3 Å². The predicted molar refractivity (Wildman–Crippen MR) is 169 cm³/mol. The number of aliphatic carboxylic acids is 2. The van der Waals surface area contributed by atoms with Crippen LogP contribution in [0.15, 0.2) is 29.6 Å². The van der Waals surface area contributed by atoms with Crippen LogP contribution in [0.4, 0.5) is 0 Å². The molecule has 9 rings (SSSR count). The van der Waals surface area contributed by atoms with Gasteiger partial charge >= 0.3 is 11.9 Å². The van der Waals surface area contributed by atoms with Crippen LogP contribution >= 0.6 is 11.3 Å². The fraction of sp³-hybridized carbons (Fsp3) is 0.657. The molecule has 2 aromatic rings. The molecule has 3 heterocycles. The molecular weight excluding hydrogens is 610 g/mol. The van der Waals surface area contributed by atoms with Crippen LogP contribution in [-0.4, -0.2) is 92.0 Å². The summed E-state index contributed by atoms with van der Waals surface area (Å²) in [5.41, 5.74) is 1.11. The lowest BCUT2D eigenvalue weighted by Gasteiger charge is -2.75. The van der Waals surface area contributed by atoms with E-state index in [4.69, 9.17) is 24.8 Å². The van der Waals surface area contributed by atoms with Gasteiger partial charge in [0.15, 0.2) is 17.6 Å². The zero-order valence-corrected chi connectivity index (χ0v) is 27.3. The first-order valence-electron chi connectivity index (χ1n) is 16.6. The molecule has 0 amide bonds. The number of ether oxygens (including phenoxy) is 2. The smallest absolute Gasteiger partial charge is 0.333 e. The third-order valence-corrected chi connectivity index (χ3v) is 13.5. The number of methoxy groups -OCH3 is 1. The predicted octanol–water partition coefficient (Wildman–Crippen LogP) is 3.97. The van der Waals surface area contributed by atoms with E-state index in [1.165, 1.54) is 35.4 Å². The Morgan fingerprint density at radius 3 is 2.61 bits per heavy atom. The highest BCUT2D eigenvalue weighted by Crippen LogP contribution is 2.77. The van der Waals surface area contributed by atoms with E-state index in [0.717, 1.165) is 57.4 Å². The minimum atomic E-state index is -1.79. The maximum absolute atomic E-state index is 12.3. The lowest BCUT2D eigenvalue weighted by atomic mass is 9.33. The van der Waals surface area contributed by atoms with Crippen molar-refractivity contribution in [2.75, 3.05) is 20.2 Å². The van der Waals surface area contributed by atoms with E-state index in [9.17, 15) is 19.8 Å². The number of aryl methyl sites for hydroxylation is 1. The summed E-state index contributed by atoms with van der Waals surface area (Å²) in [6, 6.07) is 8.75. The van der Waals surface area contributed by atoms with Crippen molar-refractivity contribution in [3.63, 3.8) is 0 Å². The van der Waals surface area contributed by atoms with Crippen molar-refractivity contribution in [1.29, 1.82) is 0 Å². The van der Waals surface area contributed by atoms with Gasteiger partial charge in [-0.2, -0.15) is 0 Å². The molecule has 250 valence electrons. The van der Waals surface area contributed by atoms with Gasteiger partial charge in [0.25, 0.3) is 0 Å². The summed E-state index contributed by atoms with van der Waals surface area (Å²) in [7, 11) is 1.84. The number of carboxylic acids is 2. The number of hydrogen-bond acceptors (Lipinski definition) is 9. The molecule has 4 saturated carbocycles. The number of phenolic OH excluding ortho intramolecular Hbond substituents is 1. The highest BCUT2D eigenvalue weighted by Gasteiger charge is 2.81. The third-order valence-electron chi connectivity index (χ3n) is 12.5. The largest absolute Gasteiger partial charge is 0.504 e. The van der Waals surface area contributed by atoms with Crippen LogP contribution in [0, 0.1) is 17.3 Å². The van der Waals surface area contributed by atoms with Crippen LogP contribution < -0.4 is 4.74 Å². The molecule has 5 fully saturated rings. The number of carbonyl (C=O) groups is 2. The first-order chi connectivity index (χ1) is 21.9. The number of thiophene rings is 1. The number of fused-ring (bicyclic) bond motifs is 2. The lowest BCUT2D eigenvalue weighted by Crippen LogP contribution is -2.82. The molecule has 46 heavy (non-hydrogen) atoms. The maximum Gasteiger partial charge on any atom is 0.333 e. The summed E-state index contributed by atoms with van der Waals surface area (Å²) < 4.78 is 13.5. The molecule has 7 aliphatic rings. The second-order valence-corrected chi connectivity index (χ2v) is 15.8. The molecule has 2 unspecified atom stereocenters. The summed E-state index contributed by atoms with van der Waals surface area (Å²) >= 11 is 1.77. The number of hydrogen-bond donors (Lipinski definition) is 5. The molecule has 11 heteroatoms. The van der Waals surface area contributed by atoms with Gasteiger partial charge in [-0.05, 0) is 100 Å². The topological polar surface area (TPSA) is 157 Å². The van der Waals surface area contributed by atoms with Crippen LogP contribution in [0.2, 0.25) is 0 Å². The summed E-state index contributed by atoms with van der Waals surface area (Å²) in [4.78, 5) is 23.6. The Labute approximate surface area is 273 Å². The van der Waals surface area contributed by atoms with Gasteiger partial charge in [-0.15, -0.1) is 11.3 Å². The summed E-state index contributed by atoms with van der Waals surface area (Å²) in [6.07, 6.45) is 6.70. The fourth-order valence-electron chi connectivity index (χ4n) is 10.4. The van der Waals surface area contributed by atoms with Crippen LogP contribution in [0.25, 0.3) is 0 Å². The van der Waals surface area contributed by atoms with E-state index in [0.29, 0.717) is 11.8 Å². The lowest BCUT2D eigenvalue weighted by molar-refractivity contribution is -0.302. The maximum atomic E-state index is 12.3. The van der Waals surface area contributed by atoms with Gasteiger partial charge in [0.05, 0.1) is 12.0 Å². The zero-order chi connectivity index (χ0) is 32.6. The van der Waals surface area contributed by atoms with Gasteiger partial charge in [-0.25, -0.2) is 4.79 Å². The molecule has 1 aromatic heterocycles. The molecule has 8 atom stereocenters. The van der Waals surface area contributed by atoms with E-state index in [2.05, 4.69) is 35.4 Å². The number of phenols is 1. The van der Waals surface area contributed by atoms with Gasteiger partial charge in [0.2, 0.25) is 0 Å². The van der Waals surface area contributed by atoms with E-state index >= 15 is 0 Å². The van der Waals surface area contributed by atoms with Crippen molar-refractivity contribution in [3.8, 4) is 11.5 Å². The minimum Gasteiger partial charge on any atom is -0.504 e. The minimum absolute atomic E-state index is 0.0155. The molecule has 0 radical (unpaired) electrons. The average Bonchev–Trinajstić information content (AvgIpc) is 3.52. The Morgan fingerprint density at radius 2 is 1.98 bits per heavy atom. The fourth-order valence-corrected chi connectivity index (χ4v) is 11.1. The third kappa shape index (κ3) is 4.63. The van der Waals surface area contributed by atoms with Crippen molar-refractivity contribution >= 4 is 23.3 Å². The second kappa shape index (κ2) is 11.2. The molecule has 1 saturated heterocycles. The van der Waals surface area contributed by atoms with Gasteiger partial charge in [0, 0.05) is 46.9 Å². The number of nitrogens with zero attached hydrogens (tertiary/aromatic N) is 1. The van der Waals surface area contributed by atoms with Crippen molar-refractivity contribution in [1.82, 2.24) is 4.90 Å². The average molecular weight is 656 g/mol. The molecular formula is C35H45NO9S. The van der Waals surface area contributed by atoms with Crippen LogP contribution in [-0.2, 0) is 32.6 Å². The number of rotatable bonds is 10. The normalized spacial score (nSPS) is 35.3. The zero-order valence-electron chi connectivity index (χ0n) is 26.5. The van der Waals surface area contributed by atoms with Gasteiger partial charge in [-0.1, -0.05) is 12.1 Å². The van der Waals surface area contributed by atoms with Crippen LogP contribution in [0.5, 0.6) is 11.5 Å². The Morgan fingerprint density at radius 1 is 1.20 bits per heavy atom. The number of aliphatic hydroxyl groups excluding tert-OH is 1. The van der Waals surface area contributed by atoms with Crippen molar-refractivity contribution in [3.05, 3.63) is 45.6 Å². The summed E-state index contributed by atoms with van der Waals surface area (Å²) in [5, 5.41) is 49.6. The highest BCUT2D eigenvalue weighted by atomic mass is 32.1. The monoisotopic (exact) mass is 655 g/mol. The number of piperidine rings is 1. The first kappa shape index (κ1) is 31.9. The molecule has 2 aliphatic heterocycles. The Hall–Kier alpha value is -2.70. The quantitative estimate of drug-likeness (QED) is 0.254. The van der Waals surface area contributed by atoms with Crippen molar-refractivity contribution < 1.29 is 44.6 Å². The number of aromatic hydroxyl groups is 1. The van der Waals surface area contributed by atoms with E-state index in [1.807, 2.05) is 13.2 Å². The summed E-state index contributed by atoms with van der Waals surface area (Å²) in [6.45, 7) is 4.36. The van der Waals surface area contributed by atoms with Crippen molar-refractivity contribution in [2.45, 2.75) is 106 Å². The number of likely N-dealkylation sites (tertiary alicyclic amines) is 1. The Bertz CT molecular complexity index is 1510. The summed E-state index contributed by atoms with van der Waals surface area (Å²) in [5.74, 6) is -1.03. The van der Waals surface area contributed by atoms with Crippen LogP contribution in [0.1, 0.15) is 74.3 Å². The molecule has 5 N–H and O–H groups in total. The standard InChI is InChI=1S/C31H39NO4S.C4H6O5/c1-28(34,10-9-21-4-3-15-37-21)23-17-29-11-12-31(23,35-2)27-30(29)13-14-32(18-19-5-6-19)24(29)16-20-7-8-22(33)26(36-27)25(20)30;5-2(4(8)9)1-3(6)7/h3-4,7-8,15,19,23-24,27,33-34H,5-6,9-14,16-18H2,1-2H3;2,5H,1H2,(H,6,7)(H,8,9)/t23?,24-,27-,28-,29-,30+,31+;/m1./s1. The molecule has 1 aromatic carbocycles. The first-order valence-corrected chi connectivity index (χ1v) is 17.4. The van der Waals surface area contributed by atoms with E-state index < -0.39 is 35.7 Å². The Balaban J connectivity index is 0.000000332. The van der Waals surface area contributed by atoms with E-state index in [-0.39, 0.29) is 28.6 Å². The number of carboxylic acid groups (broad SMARTS) is 2.